The van der Waals surface area contributed by atoms with Crippen LogP contribution in [0.15, 0.2) is 83.8 Å². The summed E-state index contributed by atoms with van der Waals surface area (Å²) in [5.41, 5.74) is 2.55. The van der Waals surface area contributed by atoms with E-state index in [0.717, 1.165) is 11.1 Å². The number of benzene rings is 3. The monoisotopic (exact) mass is 409 g/mol. The van der Waals surface area contributed by atoms with Gasteiger partial charge in [-0.2, -0.15) is 8.42 Å². The molecule has 3 rings (SSSR count). The average Bonchev–Trinajstić information content (AvgIpc) is 2.73. The highest BCUT2D eigenvalue weighted by atomic mass is 32.2. The van der Waals surface area contributed by atoms with E-state index in [4.69, 9.17) is 4.18 Å². The van der Waals surface area contributed by atoms with Crippen molar-refractivity contribution in [3.05, 3.63) is 95.6 Å². The van der Waals surface area contributed by atoms with Crippen LogP contribution >= 0.6 is 0 Å². The molecule has 0 aromatic heterocycles. The maximum atomic E-state index is 12.4. The van der Waals surface area contributed by atoms with Crippen LogP contribution in [-0.4, -0.2) is 20.7 Å². The summed E-state index contributed by atoms with van der Waals surface area (Å²) in [6.07, 6.45) is 0. The van der Waals surface area contributed by atoms with Gasteiger partial charge < -0.3 is 9.50 Å². The van der Waals surface area contributed by atoms with Crippen LogP contribution in [0.25, 0.3) is 0 Å². The Hall–Kier alpha value is -2.96. The summed E-state index contributed by atoms with van der Waals surface area (Å²) in [6, 6.07) is 22.4. The molecule has 1 N–H and O–H groups in total. The third-order valence-electron chi connectivity index (χ3n) is 4.56. The van der Waals surface area contributed by atoms with E-state index in [1.54, 1.807) is 24.3 Å². The summed E-state index contributed by atoms with van der Waals surface area (Å²) in [7, 11) is -3.91. The Bertz CT molecular complexity index is 1060. The van der Waals surface area contributed by atoms with Gasteiger partial charge in [0.1, 0.15) is 10.6 Å². The molecule has 0 spiro atoms. The highest BCUT2D eigenvalue weighted by Crippen LogP contribution is 2.20. The lowest BCUT2D eigenvalue weighted by molar-refractivity contribution is 0.0988. The van der Waals surface area contributed by atoms with Crippen molar-refractivity contribution in [1.82, 2.24) is 5.32 Å². The van der Waals surface area contributed by atoms with Gasteiger partial charge in [-0.05, 0) is 55.8 Å². The van der Waals surface area contributed by atoms with Crippen molar-refractivity contribution in [1.29, 1.82) is 0 Å². The predicted octanol–water partition coefficient (Wildman–Crippen LogP) is 4.30. The van der Waals surface area contributed by atoms with Gasteiger partial charge in [0.05, 0.1) is 6.54 Å². The Morgan fingerprint density at radius 1 is 0.931 bits per heavy atom. The summed E-state index contributed by atoms with van der Waals surface area (Å²) in [5, 5.41) is 3.20. The number of ketones is 1. The number of aryl methyl sites for hydroxylation is 1. The zero-order valence-electron chi connectivity index (χ0n) is 16.3. The maximum absolute atomic E-state index is 12.4. The van der Waals surface area contributed by atoms with E-state index in [0.29, 0.717) is 5.56 Å². The normalized spacial score (nSPS) is 12.3. The summed E-state index contributed by atoms with van der Waals surface area (Å²) >= 11 is 0. The zero-order chi connectivity index (χ0) is 20.9. The third-order valence-corrected chi connectivity index (χ3v) is 5.82. The van der Waals surface area contributed by atoms with Crippen LogP contribution < -0.4 is 9.50 Å². The number of hydrogen-bond acceptors (Lipinski definition) is 5. The number of hydrogen-bond donors (Lipinski definition) is 1. The molecule has 0 aliphatic rings. The smallest absolute Gasteiger partial charge is 0.339 e. The van der Waals surface area contributed by atoms with E-state index in [1.807, 2.05) is 44.2 Å². The molecule has 0 radical (unpaired) electrons. The first kappa shape index (κ1) is 20.8. The lowest BCUT2D eigenvalue weighted by Crippen LogP contribution is -2.26. The first-order chi connectivity index (χ1) is 13.8. The van der Waals surface area contributed by atoms with Crippen LogP contribution in [0.2, 0.25) is 0 Å². The van der Waals surface area contributed by atoms with E-state index in [-0.39, 0.29) is 29.0 Å². The molecule has 5 nitrogen and oxygen atoms in total. The molecule has 0 saturated carbocycles. The molecular formula is C23H23NO4S. The van der Waals surface area contributed by atoms with Crippen LogP contribution in [0.4, 0.5) is 0 Å². The van der Waals surface area contributed by atoms with Crippen molar-refractivity contribution in [2.75, 3.05) is 6.54 Å². The first-order valence-electron chi connectivity index (χ1n) is 9.28. The highest BCUT2D eigenvalue weighted by molar-refractivity contribution is 7.87. The van der Waals surface area contributed by atoms with Crippen molar-refractivity contribution in [3.8, 4) is 5.75 Å². The molecule has 29 heavy (non-hydrogen) atoms. The second-order valence-electron chi connectivity index (χ2n) is 6.81. The molecule has 0 amide bonds. The molecule has 3 aromatic carbocycles. The molecule has 0 heterocycles. The van der Waals surface area contributed by atoms with Gasteiger partial charge in [-0.15, -0.1) is 0 Å². The largest absolute Gasteiger partial charge is 0.379 e. The van der Waals surface area contributed by atoms with Crippen molar-refractivity contribution in [3.63, 3.8) is 0 Å². The predicted molar refractivity (Wildman–Crippen MR) is 113 cm³/mol. The summed E-state index contributed by atoms with van der Waals surface area (Å²) in [4.78, 5) is 12.5. The number of rotatable bonds is 8. The number of Topliss-reactive ketones (excluding diaryl/α,β-unsaturated/α-hetero) is 1. The van der Waals surface area contributed by atoms with Gasteiger partial charge >= 0.3 is 10.1 Å². The summed E-state index contributed by atoms with van der Waals surface area (Å²) in [6.45, 7) is 4.05. The molecule has 0 bridgehead atoms. The first-order valence-corrected chi connectivity index (χ1v) is 10.7. The SMILES string of the molecule is Cc1ccc(S(=O)(=O)Oc2ccc(C(=O)CNC(C)c3ccccc3)cc2)cc1. The molecule has 0 aliphatic heterocycles. The van der Waals surface area contributed by atoms with Gasteiger partial charge in [-0.3, -0.25) is 4.79 Å². The van der Waals surface area contributed by atoms with E-state index < -0.39 is 10.1 Å². The van der Waals surface area contributed by atoms with E-state index >= 15 is 0 Å². The van der Waals surface area contributed by atoms with Crippen molar-refractivity contribution >= 4 is 15.9 Å². The lowest BCUT2D eigenvalue weighted by atomic mass is 10.1. The number of carbonyl (C=O) groups is 1. The Kier molecular flexibility index (Phi) is 6.46. The molecule has 0 fully saturated rings. The molecule has 1 unspecified atom stereocenters. The van der Waals surface area contributed by atoms with Crippen LogP contribution in [0.5, 0.6) is 5.75 Å². The fourth-order valence-corrected chi connectivity index (χ4v) is 3.71. The van der Waals surface area contributed by atoms with Crippen LogP contribution in [0.3, 0.4) is 0 Å². The summed E-state index contributed by atoms with van der Waals surface area (Å²) < 4.78 is 29.9. The lowest BCUT2D eigenvalue weighted by Gasteiger charge is -2.13. The molecule has 3 aromatic rings. The quantitative estimate of drug-likeness (QED) is 0.444. The number of carbonyl (C=O) groups excluding carboxylic acids is 1. The van der Waals surface area contributed by atoms with Crippen LogP contribution in [0, 0.1) is 6.92 Å². The van der Waals surface area contributed by atoms with Gasteiger partial charge in [-0.1, -0.05) is 48.0 Å². The Labute approximate surface area is 171 Å². The van der Waals surface area contributed by atoms with Crippen molar-refractivity contribution in [2.45, 2.75) is 24.8 Å². The van der Waals surface area contributed by atoms with Crippen molar-refractivity contribution in [2.24, 2.45) is 0 Å². The fourth-order valence-electron chi connectivity index (χ4n) is 2.78. The van der Waals surface area contributed by atoms with Gasteiger partial charge in [0.2, 0.25) is 0 Å². The van der Waals surface area contributed by atoms with E-state index in [2.05, 4.69) is 5.32 Å². The zero-order valence-corrected chi connectivity index (χ0v) is 17.1. The minimum atomic E-state index is -3.91. The van der Waals surface area contributed by atoms with E-state index in [1.165, 1.54) is 24.3 Å². The van der Waals surface area contributed by atoms with Gasteiger partial charge in [0.25, 0.3) is 0 Å². The molecule has 150 valence electrons. The standard InChI is InChI=1S/C23H23NO4S/c1-17-8-14-22(15-9-17)29(26,27)28-21-12-10-20(11-13-21)23(25)16-24-18(2)19-6-4-3-5-7-19/h3-15,18,24H,16H2,1-2H3. The molecule has 0 saturated heterocycles. The van der Waals surface area contributed by atoms with Gasteiger partial charge in [0.15, 0.2) is 5.78 Å². The van der Waals surface area contributed by atoms with Crippen LogP contribution in [0.1, 0.15) is 34.5 Å². The van der Waals surface area contributed by atoms with Gasteiger partial charge in [0, 0.05) is 11.6 Å². The molecule has 6 heteroatoms. The Morgan fingerprint density at radius 2 is 1.55 bits per heavy atom. The fraction of sp³-hybridized carbons (Fsp3) is 0.174. The van der Waals surface area contributed by atoms with Gasteiger partial charge in [-0.25, -0.2) is 0 Å². The average molecular weight is 410 g/mol. The Balaban J connectivity index is 1.60. The van der Waals surface area contributed by atoms with E-state index in [9.17, 15) is 13.2 Å². The highest BCUT2D eigenvalue weighted by Gasteiger charge is 2.17. The third kappa shape index (κ3) is 5.53. The maximum Gasteiger partial charge on any atom is 0.339 e. The molecule has 0 aliphatic carbocycles. The minimum Gasteiger partial charge on any atom is -0.379 e. The minimum absolute atomic E-state index is 0.0439. The second-order valence-corrected chi connectivity index (χ2v) is 8.36. The second kappa shape index (κ2) is 9.03. The molecular weight excluding hydrogens is 386 g/mol. The Morgan fingerprint density at radius 3 is 2.17 bits per heavy atom. The van der Waals surface area contributed by atoms with Crippen molar-refractivity contribution < 1.29 is 17.4 Å². The number of nitrogens with one attached hydrogen (secondary N) is 1. The van der Waals surface area contributed by atoms with Crippen LogP contribution in [-0.2, 0) is 10.1 Å². The summed E-state index contributed by atoms with van der Waals surface area (Å²) in [5.74, 6) is 0.0773. The molecule has 1 atom stereocenters. The topological polar surface area (TPSA) is 72.5 Å².